The lowest BCUT2D eigenvalue weighted by Gasteiger charge is -2.24. The molecule has 2 nitrogen and oxygen atoms in total. The molecule has 1 aromatic rings. The van der Waals surface area contributed by atoms with E-state index in [0.717, 1.165) is 36.5 Å². The van der Waals surface area contributed by atoms with Crippen LogP contribution >= 0.6 is 11.6 Å². The zero-order valence-corrected chi connectivity index (χ0v) is 12.3. The molecule has 0 spiro atoms. The van der Waals surface area contributed by atoms with Crippen LogP contribution in [-0.4, -0.2) is 18.3 Å². The zero-order valence-electron chi connectivity index (χ0n) is 11.6. The first-order chi connectivity index (χ1) is 8.44. The first-order valence-corrected chi connectivity index (χ1v) is 6.89. The minimum Gasteiger partial charge on any atom is -0.396 e. The quantitative estimate of drug-likeness (QED) is 0.794. The Kier molecular flexibility index (Phi) is 6.13. The number of aryl methyl sites for hydroxylation is 1. The van der Waals surface area contributed by atoms with Crippen LogP contribution in [0.25, 0.3) is 0 Å². The van der Waals surface area contributed by atoms with E-state index in [1.165, 1.54) is 5.56 Å². The van der Waals surface area contributed by atoms with Crippen LogP contribution in [0.1, 0.15) is 37.8 Å². The van der Waals surface area contributed by atoms with Crippen LogP contribution in [0.2, 0.25) is 5.02 Å². The van der Waals surface area contributed by atoms with Crippen LogP contribution in [0.15, 0.2) is 18.2 Å². The first kappa shape index (κ1) is 15.5. The van der Waals surface area contributed by atoms with Gasteiger partial charge in [0.2, 0.25) is 0 Å². The lowest BCUT2D eigenvalue weighted by atomic mass is 9.88. The predicted octanol–water partition coefficient (Wildman–Crippen LogP) is 3.54. The lowest BCUT2D eigenvalue weighted by Crippen LogP contribution is -2.29. The molecule has 0 fully saturated rings. The smallest absolute Gasteiger partial charge is 0.0438 e. The minimum absolute atomic E-state index is 0.219. The summed E-state index contributed by atoms with van der Waals surface area (Å²) < 4.78 is 0. The summed E-state index contributed by atoms with van der Waals surface area (Å²) in [5.74, 6) is 0. The summed E-state index contributed by atoms with van der Waals surface area (Å²) in [6.07, 6.45) is 1.90. The molecule has 0 heterocycles. The van der Waals surface area contributed by atoms with Gasteiger partial charge in [0.05, 0.1) is 0 Å². The SMILES string of the molecule is Cc1ccc(CNCC(C)(C)CCCO)cc1Cl. The molecule has 0 aliphatic rings. The van der Waals surface area contributed by atoms with Gasteiger partial charge in [-0.25, -0.2) is 0 Å². The maximum atomic E-state index is 8.85. The average Bonchev–Trinajstić information content (AvgIpc) is 2.31. The third-order valence-corrected chi connectivity index (χ3v) is 3.59. The van der Waals surface area contributed by atoms with E-state index in [-0.39, 0.29) is 12.0 Å². The molecule has 0 amide bonds. The number of aliphatic hydroxyl groups excluding tert-OH is 1. The number of rotatable bonds is 7. The van der Waals surface area contributed by atoms with Gasteiger partial charge in [0.25, 0.3) is 0 Å². The van der Waals surface area contributed by atoms with E-state index in [1.807, 2.05) is 13.0 Å². The lowest BCUT2D eigenvalue weighted by molar-refractivity contribution is 0.236. The fourth-order valence-corrected chi connectivity index (χ4v) is 2.14. The molecule has 2 N–H and O–H groups in total. The Morgan fingerprint density at radius 3 is 2.67 bits per heavy atom. The maximum Gasteiger partial charge on any atom is 0.0438 e. The minimum atomic E-state index is 0.219. The fraction of sp³-hybridized carbons (Fsp3) is 0.600. The number of hydrogen-bond acceptors (Lipinski definition) is 2. The summed E-state index contributed by atoms with van der Waals surface area (Å²) in [6, 6.07) is 6.18. The molecule has 18 heavy (non-hydrogen) atoms. The summed E-state index contributed by atoms with van der Waals surface area (Å²) in [5.41, 5.74) is 2.55. The van der Waals surface area contributed by atoms with Crippen molar-refractivity contribution in [3.8, 4) is 0 Å². The Balaban J connectivity index is 2.39. The summed E-state index contributed by atoms with van der Waals surface area (Å²) >= 11 is 6.10. The molecule has 0 unspecified atom stereocenters. The third kappa shape index (κ3) is 5.38. The van der Waals surface area contributed by atoms with Gasteiger partial charge in [0, 0.05) is 24.7 Å². The van der Waals surface area contributed by atoms with Crippen molar-refractivity contribution in [1.29, 1.82) is 0 Å². The number of benzene rings is 1. The maximum absolute atomic E-state index is 8.85. The largest absolute Gasteiger partial charge is 0.396 e. The van der Waals surface area contributed by atoms with E-state index in [2.05, 4.69) is 31.3 Å². The van der Waals surface area contributed by atoms with E-state index < -0.39 is 0 Å². The topological polar surface area (TPSA) is 32.3 Å². The second-order valence-corrected chi connectivity index (χ2v) is 6.09. The van der Waals surface area contributed by atoms with Gasteiger partial charge in [-0.1, -0.05) is 37.6 Å². The number of halogens is 1. The standard InChI is InChI=1S/C15H24ClNO/c1-12-5-6-13(9-14(12)16)10-17-11-15(2,3)7-4-8-18/h5-6,9,17-18H,4,7-8,10-11H2,1-3H3. The van der Waals surface area contributed by atoms with Gasteiger partial charge in [-0.3, -0.25) is 0 Å². The van der Waals surface area contributed by atoms with Crippen molar-refractivity contribution in [3.63, 3.8) is 0 Å². The fourth-order valence-electron chi connectivity index (χ4n) is 1.94. The van der Waals surface area contributed by atoms with Crippen molar-refractivity contribution in [2.24, 2.45) is 5.41 Å². The predicted molar refractivity (Wildman–Crippen MR) is 78.0 cm³/mol. The highest BCUT2D eigenvalue weighted by molar-refractivity contribution is 6.31. The molecule has 0 saturated carbocycles. The zero-order chi connectivity index (χ0) is 13.6. The molecule has 0 aromatic heterocycles. The van der Waals surface area contributed by atoms with Gasteiger partial charge in [-0.2, -0.15) is 0 Å². The van der Waals surface area contributed by atoms with Gasteiger partial charge >= 0.3 is 0 Å². The van der Waals surface area contributed by atoms with Gasteiger partial charge in [0.15, 0.2) is 0 Å². The van der Waals surface area contributed by atoms with Crippen molar-refractivity contribution in [2.45, 2.75) is 40.2 Å². The molecule has 3 heteroatoms. The molecule has 0 aliphatic heterocycles. The Bertz CT molecular complexity index is 377. The first-order valence-electron chi connectivity index (χ1n) is 6.51. The van der Waals surface area contributed by atoms with Gasteiger partial charge < -0.3 is 10.4 Å². The average molecular weight is 270 g/mol. The summed E-state index contributed by atoms with van der Waals surface area (Å²) in [4.78, 5) is 0. The number of hydrogen-bond donors (Lipinski definition) is 2. The second-order valence-electron chi connectivity index (χ2n) is 5.68. The molecule has 0 saturated heterocycles. The molecule has 1 rings (SSSR count). The molecule has 0 bridgehead atoms. The van der Waals surface area contributed by atoms with E-state index >= 15 is 0 Å². The normalized spacial score (nSPS) is 11.8. The van der Waals surface area contributed by atoms with Crippen LogP contribution in [0.3, 0.4) is 0 Å². The van der Waals surface area contributed by atoms with E-state index in [0.29, 0.717) is 0 Å². The van der Waals surface area contributed by atoms with Crippen LogP contribution in [0.4, 0.5) is 0 Å². The molecular weight excluding hydrogens is 246 g/mol. The molecule has 0 radical (unpaired) electrons. The molecular formula is C15H24ClNO. The molecule has 1 aromatic carbocycles. The Labute approximate surface area is 115 Å². The van der Waals surface area contributed by atoms with Crippen molar-refractivity contribution in [2.75, 3.05) is 13.2 Å². The summed E-state index contributed by atoms with van der Waals surface area (Å²) in [7, 11) is 0. The Morgan fingerprint density at radius 1 is 1.33 bits per heavy atom. The van der Waals surface area contributed by atoms with Crippen molar-refractivity contribution < 1.29 is 5.11 Å². The highest BCUT2D eigenvalue weighted by atomic mass is 35.5. The van der Waals surface area contributed by atoms with Gasteiger partial charge in [-0.05, 0) is 42.4 Å². The molecule has 0 aliphatic carbocycles. The molecule has 0 atom stereocenters. The molecule has 102 valence electrons. The van der Waals surface area contributed by atoms with E-state index in [4.69, 9.17) is 16.7 Å². The highest BCUT2D eigenvalue weighted by Gasteiger charge is 2.16. The Hall–Kier alpha value is -0.570. The summed E-state index contributed by atoms with van der Waals surface area (Å²) in [6.45, 7) is 8.51. The Morgan fingerprint density at radius 2 is 2.06 bits per heavy atom. The number of nitrogens with one attached hydrogen (secondary N) is 1. The monoisotopic (exact) mass is 269 g/mol. The van der Waals surface area contributed by atoms with Crippen molar-refractivity contribution in [1.82, 2.24) is 5.32 Å². The van der Waals surface area contributed by atoms with E-state index in [1.54, 1.807) is 0 Å². The second kappa shape index (κ2) is 7.13. The van der Waals surface area contributed by atoms with Crippen molar-refractivity contribution >= 4 is 11.6 Å². The van der Waals surface area contributed by atoms with Gasteiger partial charge in [0.1, 0.15) is 0 Å². The van der Waals surface area contributed by atoms with Crippen LogP contribution in [-0.2, 0) is 6.54 Å². The van der Waals surface area contributed by atoms with Crippen molar-refractivity contribution in [3.05, 3.63) is 34.3 Å². The van der Waals surface area contributed by atoms with Crippen LogP contribution in [0.5, 0.6) is 0 Å². The third-order valence-electron chi connectivity index (χ3n) is 3.18. The van der Waals surface area contributed by atoms with Crippen LogP contribution in [0, 0.1) is 12.3 Å². The van der Waals surface area contributed by atoms with Gasteiger partial charge in [-0.15, -0.1) is 0 Å². The van der Waals surface area contributed by atoms with E-state index in [9.17, 15) is 0 Å². The van der Waals surface area contributed by atoms with Crippen LogP contribution < -0.4 is 5.32 Å². The highest BCUT2D eigenvalue weighted by Crippen LogP contribution is 2.21. The summed E-state index contributed by atoms with van der Waals surface area (Å²) in [5, 5.41) is 13.1. The number of aliphatic hydroxyl groups is 1.